The third kappa shape index (κ3) is 3.90. The molecule has 0 fully saturated rings. The smallest absolute Gasteiger partial charge is 0.0721 e. The molecule has 0 radical (unpaired) electrons. The first-order valence-corrected chi connectivity index (χ1v) is 5.04. The molecular weight excluding hydrogens is 174 g/mol. The zero-order valence-electron chi connectivity index (χ0n) is 9.21. The maximum Gasteiger partial charge on any atom is 0.0721 e. The topological polar surface area (TPSA) is 21.3 Å². The molecule has 0 heterocycles. The summed E-state index contributed by atoms with van der Waals surface area (Å²) < 4.78 is 5.66. The van der Waals surface area contributed by atoms with Crippen molar-refractivity contribution in [2.75, 3.05) is 13.6 Å². The fraction of sp³-hybridized carbons (Fsp3) is 0.500. The summed E-state index contributed by atoms with van der Waals surface area (Å²) >= 11 is 0. The van der Waals surface area contributed by atoms with Crippen molar-refractivity contribution < 1.29 is 4.74 Å². The minimum atomic E-state index is 0.264. The highest BCUT2D eigenvalue weighted by atomic mass is 16.5. The molecule has 1 N–H and O–H groups in total. The van der Waals surface area contributed by atoms with E-state index in [1.165, 1.54) is 11.1 Å². The van der Waals surface area contributed by atoms with Gasteiger partial charge in [0.15, 0.2) is 0 Å². The summed E-state index contributed by atoms with van der Waals surface area (Å²) in [5.74, 6) is 0. The van der Waals surface area contributed by atoms with Crippen molar-refractivity contribution in [2.45, 2.75) is 26.6 Å². The number of ether oxygens (including phenoxy) is 1. The van der Waals surface area contributed by atoms with Crippen molar-refractivity contribution in [3.05, 3.63) is 35.4 Å². The second-order valence-corrected chi connectivity index (χ2v) is 3.67. The van der Waals surface area contributed by atoms with E-state index in [0.29, 0.717) is 6.61 Å². The van der Waals surface area contributed by atoms with E-state index < -0.39 is 0 Å². The van der Waals surface area contributed by atoms with E-state index in [1.54, 1.807) is 0 Å². The molecule has 0 aliphatic carbocycles. The van der Waals surface area contributed by atoms with Gasteiger partial charge >= 0.3 is 0 Å². The van der Waals surface area contributed by atoms with Crippen molar-refractivity contribution in [1.82, 2.24) is 5.32 Å². The van der Waals surface area contributed by atoms with Crippen LogP contribution >= 0.6 is 0 Å². The molecule has 0 saturated carbocycles. The van der Waals surface area contributed by atoms with Crippen LogP contribution in [0.15, 0.2) is 24.3 Å². The molecule has 14 heavy (non-hydrogen) atoms. The van der Waals surface area contributed by atoms with Crippen molar-refractivity contribution in [3.8, 4) is 0 Å². The SMILES string of the molecule is CNCC(C)OCc1cccc(C)c1. The van der Waals surface area contributed by atoms with Crippen LogP contribution in [-0.4, -0.2) is 19.7 Å². The van der Waals surface area contributed by atoms with Gasteiger partial charge in [0.05, 0.1) is 12.7 Å². The molecule has 1 unspecified atom stereocenters. The van der Waals surface area contributed by atoms with Crippen LogP contribution in [0.25, 0.3) is 0 Å². The van der Waals surface area contributed by atoms with E-state index in [-0.39, 0.29) is 6.10 Å². The third-order valence-corrected chi connectivity index (χ3v) is 2.11. The van der Waals surface area contributed by atoms with Gasteiger partial charge in [0.25, 0.3) is 0 Å². The van der Waals surface area contributed by atoms with E-state index >= 15 is 0 Å². The summed E-state index contributed by atoms with van der Waals surface area (Å²) in [6.07, 6.45) is 0.264. The van der Waals surface area contributed by atoms with Crippen molar-refractivity contribution in [1.29, 1.82) is 0 Å². The van der Waals surface area contributed by atoms with E-state index in [0.717, 1.165) is 6.54 Å². The molecule has 1 atom stereocenters. The summed E-state index contributed by atoms with van der Waals surface area (Å²) in [6.45, 7) is 5.77. The van der Waals surface area contributed by atoms with Crippen molar-refractivity contribution in [2.24, 2.45) is 0 Å². The van der Waals surface area contributed by atoms with Crippen molar-refractivity contribution in [3.63, 3.8) is 0 Å². The van der Waals surface area contributed by atoms with Crippen LogP contribution in [-0.2, 0) is 11.3 Å². The van der Waals surface area contributed by atoms with E-state index in [1.807, 2.05) is 7.05 Å². The molecule has 0 aromatic heterocycles. The minimum absolute atomic E-state index is 0.264. The summed E-state index contributed by atoms with van der Waals surface area (Å²) in [5, 5.41) is 3.09. The lowest BCUT2D eigenvalue weighted by atomic mass is 10.1. The molecule has 1 aromatic carbocycles. The molecular formula is C12H19NO. The van der Waals surface area contributed by atoms with E-state index in [9.17, 15) is 0 Å². The van der Waals surface area contributed by atoms with Gasteiger partial charge in [-0.2, -0.15) is 0 Å². The van der Waals surface area contributed by atoms with Crippen LogP contribution in [0, 0.1) is 6.92 Å². The summed E-state index contributed by atoms with van der Waals surface area (Å²) in [5.41, 5.74) is 2.53. The molecule has 0 aliphatic rings. The largest absolute Gasteiger partial charge is 0.373 e. The van der Waals surface area contributed by atoms with Gasteiger partial charge in [0, 0.05) is 6.54 Å². The normalized spacial score (nSPS) is 12.8. The number of nitrogens with one attached hydrogen (secondary N) is 1. The van der Waals surface area contributed by atoms with E-state index in [4.69, 9.17) is 4.74 Å². The average molecular weight is 193 g/mol. The second-order valence-electron chi connectivity index (χ2n) is 3.67. The highest BCUT2D eigenvalue weighted by Gasteiger charge is 2.00. The molecule has 0 spiro atoms. The molecule has 0 bridgehead atoms. The molecule has 0 aliphatic heterocycles. The Hall–Kier alpha value is -0.860. The van der Waals surface area contributed by atoms with Crippen LogP contribution in [0.3, 0.4) is 0 Å². The quantitative estimate of drug-likeness (QED) is 0.773. The number of hydrogen-bond donors (Lipinski definition) is 1. The fourth-order valence-electron chi connectivity index (χ4n) is 1.39. The maximum absolute atomic E-state index is 5.66. The third-order valence-electron chi connectivity index (χ3n) is 2.11. The number of hydrogen-bond acceptors (Lipinski definition) is 2. The summed E-state index contributed by atoms with van der Waals surface area (Å²) in [6, 6.07) is 8.42. The zero-order chi connectivity index (χ0) is 10.4. The lowest BCUT2D eigenvalue weighted by Gasteiger charge is -2.12. The predicted molar refractivity (Wildman–Crippen MR) is 59.4 cm³/mol. The highest BCUT2D eigenvalue weighted by Crippen LogP contribution is 2.06. The Morgan fingerprint density at radius 3 is 2.86 bits per heavy atom. The number of rotatable bonds is 5. The monoisotopic (exact) mass is 193 g/mol. The maximum atomic E-state index is 5.66. The Kier molecular flexibility index (Phi) is 4.63. The molecule has 78 valence electrons. The lowest BCUT2D eigenvalue weighted by Crippen LogP contribution is -2.23. The minimum Gasteiger partial charge on any atom is -0.373 e. The lowest BCUT2D eigenvalue weighted by molar-refractivity contribution is 0.0545. The molecule has 1 rings (SSSR count). The van der Waals surface area contributed by atoms with Crippen molar-refractivity contribution >= 4 is 0 Å². The van der Waals surface area contributed by atoms with Gasteiger partial charge in [-0.25, -0.2) is 0 Å². The Balaban J connectivity index is 2.37. The molecule has 0 amide bonds. The fourth-order valence-corrected chi connectivity index (χ4v) is 1.39. The first-order valence-electron chi connectivity index (χ1n) is 5.04. The Morgan fingerprint density at radius 1 is 1.43 bits per heavy atom. The number of likely N-dealkylation sites (N-methyl/N-ethyl adjacent to an activating group) is 1. The Labute approximate surface area is 86.3 Å². The first kappa shape index (κ1) is 11.2. The van der Waals surface area contributed by atoms with Crippen LogP contribution < -0.4 is 5.32 Å². The molecule has 2 heteroatoms. The number of aryl methyl sites for hydroxylation is 1. The van der Waals surface area contributed by atoms with Gasteiger partial charge in [-0.1, -0.05) is 29.8 Å². The van der Waals surface area contributed by atoms with Gasteiger partial charge in [-0.3, -0.25) is 0 Å². The van der Waals surface area contributed by atoms with Gasteiger partial charge in [0.1, 0.15) is 0 Å². The first-order chi connectivity index (χ1) is 6.72. The second kappa shape index (κ2) is 5.78. The zero-order valence-corrected chi connectivity index (χ0v) is 9.21. The van der Waals surface area contributed by atoms with E-state index in [2.05, 4.69) is 43.4 Å². The van der Waals surface area contributed by atoms with Gasteiger partial charge < -0.3 is 10.1 Å². The van der Waals surface area contributed by atoms with Gasteiger partial charge in [0.2, 0.25) is 0 Å². The van der Waals surface area contributed by atoms with Gasteiger partial charge in [-0.05, 0) is 26.5 Å². The van der Waals surface area contributed by atoms with Crippen LogP contribution in [0.5, 0.6) is 0 Å². The Bertz CT molecular complexity index is 273. The molecule has 0 saturated heterocycles. The summed E-state index contributed by atoms with van der Waals surface area (Å²) in [4.78, 5) is 0. The standard InChI is InChI=1S/C12H19NO/c1-10-5-4-6-12(7-10)9-14-11(2)8-13-3/h4-7,11,13H,8-9H2,1-3H3. The van der Waals surface area contributed by atoms with Gasteiger partial charge in [-0.15, -0.1) is 0 Å². The summed E-state index contributed by atoms with van der Waals surface area (Å²) in [7, 11) is 1.94. The number of benzene rings is 1. The Morgan fingerprint density at radius 2 is 2.21 bits per heavy atom. The molecule has 2 nitrogen and oxygen atoms in total. The average Bonchev–Trinajstić information content (AvgIpc) is 2.15. The van der Waals surface area contributed by atoms with Crippen LogP contribution in [0.4, 0.5) is 0 Å². The van der Waals surface area contributed by atoms with Crippen LogP contribution in [0.1, 0.15) is 18.1 Å². The van der Waals surface area contributed by atoms with Crippen LogP contribution in [0.2, 0.25) is 0 Å². The predicted octanol–water partition coefficient (Wildman–Crippen LogP) is 2.12. The molecule has 1 aromatic rings. The highest BCUT2D eigenvalue weighted by molar-refractivity contribution is 5.21.